The Morgan fingerprint density at radius 2 is 1.74 bits per heavy atom. The highest BCUT2D eigenvalue weighted by molar-refractivity contribution is 7.85. The van der Waals surface area contributed by atoms with Gasteiger partial charge >= 0.3 is 0 Å². The first kappa shape index (κ1) is 18.9. The van der Waals surface area contributed by atoms with Gasteiger partial charge in [-0.25, -0.2) is 0 Å². The molecule has 116 valence electrons. The van der Waals surface area contributed by atoms with Crippen LogP contribution in [-0.4, -0.2) is 43.3 Å². The van der Waals surface area contributed by atoms with Crippen molar-refractivity contribution in [3.05, 3.63) is 0 Å². The molecule has 0 aromatic carbocycles. The summed E-state index contributed by atoms with van der Waals surface area (Å²) in [5.74, 6) is 0. The molecule has 5 heteroatoms. The Hall–Kier alpha value is -0.130. The molecule has 1 atom stereocenters. The maximum atomic E-state index is 9.19. The van der Waals surface area contributed by atoms with E-state index in [1.165, 1.54) is 64.5 Å². The number of hydrogen-bond donors (Lipinski definition) is 1. The molecule has 1 rings (SSSR count). The molecular weight excluding hydrogens is 262 g/mol. The zero-order chi connectivity index (χ0) is 14.7. The molecule has 0 spiro atoms. The average Bonchev–Trinajstić information content (AvgIpc) is 2.74. The van der Waals surface area contributed by atoms with Gasteiger partial charge in [-0.3, -0.25) is 4.55 Å². The Bertz CT molecular complexity index is 296. The summed E-state index contributed by atoms with van der Waals surface area (Å²) in [6.07, 6.45) is 12.1. The smallest absolute Gasteiger partial charge is 0.261 e. The normalized spacial score (nSPS) is 20.1. The van der Waals surface area contributed by atoms with Crippen LogP contribution in [0.4, 0.5) is 0 Å². The van der Waals surface area contributed by atoms with E-state index in [1.807, 2.05) is 0 Å². The molecule has 0 bridgehead atoms. The van der Waals surface area contributed by atoms with E-state index in [0.717, 1.165) is 6.04 Å². The Labute approximate surface area is 119 Å². The van der Waals surface area contributed by atoms with Crippen molar-refractivity contribution in [3.63, 3.8) is 0 Å². The lowest BCUT2D eigenvalue weighted by Crippen LogP contribution is -2.29. The summed E-state index contributed by atoms with van der Waals surface area (Å²) in [7, 11) is -3.67. The van der Waals surface area contributed by atoms with Crippen molar-refractivity contribution in [3.8, 4) is 0 Å². The van der Waals surface area contributed by atoms with Crippen molar-refractivity contribution in [1.29, 1.82) is 0 Å². The highest BCUT2D eigenvalue weighted by atomic mass is 32.2. The summed E-state index contributed by atoms with van der Waals surface area (Å²) >= 11 is 0. The maximum Gasteiger partial charge on any atom is 0.261 e. The van der Waals surface area contributed by atoms with E-state index in [0.29, 0.717) is 6.26 Å². The molecule has 1 aliphatic rings. The van der Waals surface area contributed by atoms with E-state index in [1.54, 1.807) is 0 Å². The SMILES string of the molecule is CCCCCCCN1CCCC1CC.CS(=O)(=O)O. The molecule has 1 aliphatic heterocycles. The number of unbranched alkanes of at least 4 members (excludes halogenated alkanes) is 4. The first-order chi connectivity index (χ1) is 8.88. The summed E-state index contributed by atoms with van der Waals surface area (Å²) in [4.78, 5) is 2.71. The molecule has 0 amide bonds. The molecule has 19 heavy (non-hydrogen) atoms. The monoisotopic (exact) mass is 293 g/mol. The first-order valence-corrected chi connectivity index (χ1v) is 9.39. The van der Waals surface area contributed by atoms with E-state index in [2.05, 4.69) is 18.7 Å². The number of rotatable bonds is 7. The van der Waals surface area contributed by atoms with E-state index in [9.17, 15) is 8.42 Å². The lowest BCUT2D eigenvalue weighted by atomic mass is 10.1. The van der Waals surface area contributed by atoms with Crippen LogP contribution in [0.25, 0.3) is 0 Å². The largest absolute Gasteiger partial charge is 0.300 e. The topological polar surface area (TPSA) is 57.6 Å². The molecule has 1 saturated heterocycles. The van der Waals surface area contributed by atoms with Gasteiger partial charge in [-0.15, -0.1) is 0 Å². The van der Waals surface area contributed by atoms with Crippen LogP contribution < -0.4 is 0 Å². The van der Waals surface area contributed by atoms with Gasteiger partial charge in [-0.05, 0) is 38.8 Å². The number of nitrogens with zero attached hydrogens (tertiary/aromatic N) is 1. The number of likely N-dealkylation sites (tertiary alicyclic amines) is 1. The lowest BCUT2D eigenvalue weighted by Gasteiger charge is -2.22. The molecule has 1 N–H and O–H groups in total. The minimum atomic E-state index is -3.67. The third kappa shape index (κ3) is 12.6. The van der Waals surface area contributed by atoms with Crippen LogP contribution in [0.15, 0.2) is 0 Å². The fourth-order valence-electron chi connectivity index (χ4n) is 2.57. The highest BCUT2D eigenvalue weighted by Gasteiger charge is 2.21. The molecule has 1 unspecified atom stereocenters. The molecule has 0 aliphatic carbocycles. The quantitative estimate of drug-likeness (QED) is 0.578. The molecule has 1 fully saturated rings. The summed E-state index contributed by atoms with van der Waals surface area (Å²) < 4.78 is 25.9. The Morgan fingerprint density at radius 3 is 2.26 bits per heavy atom. The Kier molecular flexibility index (Phi) is 10.6. The van der Waals surface area contributed by atoms with Gasteiger partial charge < -0.3 is 4.90 Å². The summed E-state index contributed by atoms with van der Waals surface area (Å²) in [6.45, 7) is 7.35. The van der Waals surface area contributed by atoms with Crippen molar-refractivity contribution >= 4 is 10.1 Å². The van der Waals surface area contributed by atoms with Crippen LogP contribution in [0.2, 0.25) is 0 Å². The second-order valence-electron chi connectivity index (χ2n) is 5.39. The zero-order valence-corrected chi connectivity index (χ0v) is 13.6. The van der Waals surface area contributed by atoms with Crippen LogP contribution in [0.3, 0.4) is 0 Å². The minimum Gasteiger partial charge on any atom is -0.300 e. The van der Waals surface area contributed by atoms with Crippen molar-refractivity contribution in [2.45, 2.75) is 71.3 Å². The van der Waals surface area contributed by atoms with Crippen LogP contribution in [0, 0.1) is 0 Å². The van der Waals surface area contributed by atoms with E-state index >= 15 is 0 Å². The molecule has 4 nitrogen and oxygen atoms in total. The number of hydrogen-bond acceptors (Lipinski definition) is 3. The lowest BCUT2D eigenvalue weighted by molar-refractivity contribution is 0.242. The van der Waals surface area contributed by atoms with Crippen LogP contribution in [-0.2, 0) is 10.1 Å². The van der Waals surface area contributed by atoms with E-state index < -0.39 is 10.1 Å². The Balaban J connectivity index is 0.000000555. The van der Waals surface area contributed by atoms with Gasteiger partial charge in [0.25, 0.3) is 10.1 Å². The second-order valence-corrected chi connectivity index (χ2v) is 6.85. The minimum absolute atomic E-state index is 0.715. The van der Waals surface area contributed by atoms with Gasteiger partial charge in [-0.2, -0.15) is 8.42 Å². The summed E-state index contributed by atoms with van der Waals surface area (Å²) in [5, 5.41) is 0. The van der Waals surface area contributed by atoms with Gasteiger partial charge in [0, 0.05) is 6.04 Å². The molecule has 0 aromatic rings. The standard InChI is InChI=1S/C13H27N.CH4O3S/c1-3-5-6-7-8-11-14-12-9-10-13(14)4-2;1-5(2,3)4/h13H,3-12H2,1-2H3;1H3,(H,2,3,4). The molecular formula is C14H31NO3S. The van der Waals surface area contributed by atoms with Crippen LogP contribution >= 0.6 is 0 Å². The molecule has 0 aromatic heterocycles. The Morgan fingerprint density at radius 1 is 1.16 bits per heavy atom. The van der Waals surface area contributed by atoms with Gasteiger partial charge in [0.1, 0.15) is 0 Å². The fourth-order valence-corrected chi connectivity index (χ4v) is 2.57. The first-order valence-electron chi connectivity index (χ1n) is 7.55. The van der Waals surface area contributed by atoms with Crippen LogP contribution in [0.1, 0.15) is 65.2 Å². The van der Waals surface area contributed by atoms with Gasteiger partial charge in [-0.1, -0.05) is 39.5 Å². The van der Waals surface area contributed by atoms with Crippen molar-refractivity contribution < 1.29 is 13.0 Å². The maximum absolute atomic E-state index is 9.19. The highest BCUT2D eigenvalue weighted by Crippen LogP contribution is 2.20. The van der Waals surface area contributed by atoms with Crippen molar-refractivity contribution in [2.24, 2.45) is 0 Å². The van der Waals surface area contributed by atoms with Crippen LogP contribution in [0.5, 0.6) is 0 Å². The van der Waals surface area contributed by atoms with Crippen molar-refractivity contribution in [1.82, 2.24) is 4.90 Å². The summed E-state index contributed by atoms with van der Waals surface area (Å²) in [6, 6.07) is 0.918. The average molecular weight is 293 g/mol. The summed E-state index contributed by atoms with van der Waals surface area (Å²) in [5.41, 5.74) is 0. The van der Waals surface area contributed by atoms with Crippen molar-refractivity contribution in [2.75, 3.05) is 19.3 Å². The molecule has 0 radical (unpaired) electrons. The predicted molar refractivity (Wildman–Crippen MR) is 81.1 cm³/mol. The second kappa shape index (κ2) is 10.6. The molecule has 1 heterocycles. The zero-order valence-electron chi connectivity index (χ0n) is 12.8. The fraction of sp³-hybridized carbons (Fsp3) is 1.00. The van der Waals surface area contributed by atoms with E-state index in [-0.39, 0.29) is 0 Å². The predicted octanol–water partition coefficient (Wildman–Crippen LogP) is 3.34. The van der Waals surface area contributed by atoms with E-state index in [4.69, 9.17) is 4.55 Å². The van der Waals surface area contributed by atoms with Gasteiger partial charge in [0.05, 0.1) is 6.26 Å². The van der Waals surface area contributed by atoms with Gasteiger partial charge in [0.2, 0.25) is 0 Å². The van der Waals surface area contributed by atoms with Gasteiger partial charge in [0.15, 0.2) is 0 Å². The molecule has 0 saturated carbocycles. The third-order valence-corrected chi connectivity index (χ3v) is 3.52. The third-order valence-electron chi connectivity index (χ3n) is 3.52.